The molecule has 2 rings (SSSR count). The fraction of sp³-hybridized carbons (Fsp3) is 0.333. The van der Waals surface area contributed by atoms with Crippen LogP contribution in [0.4, 0.5) is 0 Å². The van der Waals surface area contributed by atoms with Crippen molar-refractivity contribution in [3.8, 4) is 0 Å². The Morgan fingerprint density at radius 2 is 2.22 bits per heavy atom. The number of hydrogen-bond acceptors (Lipinski definition) is 5. The highest BCUT2D eigenvalue weighted by Gasteiger charge is 2.16. The summed E-state index contributed by atoms with van der Waals surface area (Å²) >= 11 is 0. The molecule has 0 bridgehead atoms. The van der Waals surface area contributed by atoms with E-state index in [1.807, 2.05) is 6.92 Å². The lowest BCUT2D eigenvalue weighted by atomic mass is 10.2. The molecule has 0 atom stereocenters. The maximum Gasteiger partial charge on any atom is 0.343 e. The number of fused-ring (bicyclic) bond motifs is 1. The van der Waals surface area contributed by atoms with Crippen LogP contribution in [0, 0.1) is 0 Å². The van der Waals surface area contributed by atoms with Gasteiger partial charge in [0.1, 0.15) is 5.56 Å². The van der Waals surface area contributed by atoms with Crippen LogP contribution in [0.5, 0.6) is 0 Å². The average molecular weight is 247 g/mol. The van der Waals surface area contributed by atoms with E-state index in [9.17, 15) is 9.59 Å². The van der Waals surface area contributed by atoms with Crippen LogP contribution in [0.25, 0.3) is 11.0 Å². The molecule has 0 radical (unpaired) electrons. The lowest BCUT2D eigenvalue weighted by molar-refractivity contribution is 0.0524. The molecule has 0 amide bonds. The summed E-state index contributed by atoms with van der Waals surface area (Å²) in [5.41, 5.74) is 0.125. The van der Waals surface area contributed by atoms with Gasteiger partial charge >= 0.3 is 5.97 Å². The number of rotatable bonds is 3. The minimum Gasteiger partial charge on any atom is -0.462 e. The van der Waals surface area contributed by atoms with E-state index in [2.05, 4.69) is 10.2 Å². The van der Waals surface area contributed by atoms with E-state index >= 15 is 0 Å². The first-order chi connectivity index (χ1) is 8.69. The molecule has 2 aromatic rings. The van der Waals surface area contributed by atoms with Crippen LogP contribution in [0.3, 0.4) is 0 Å². The SMILES string of the molecule is CCOC(=O)c1cn(CC)c2nnccc2c1=O. The maximum atomic E-state index is 12.1. The van der Waals surface area contributed by atoms with Crippen LogP contribution in [0.1, 0.15) is 24.2 Å². The number of nitrogens with zero attached hydrogens (tertiary/aromatic N) is 3. The molecule has 0 saturated carbocycles. The predicted octanol–water partition coefficient (Wildman–Crippen LogP) is 0.988. The number of aromatic nitrogens is 3. The molecule has 0 aromatic carbocycles. The molecule has 0 saturated heterocycles. The largest absolute Gasteiger partial charge is 0.462 e. The van der Waals surface area contributed by atoms with Gasteiger partial charge in [-0.2, -0.15) is 5.10 Å². The third-order valence-electron chi connectivity index (χ3n) is 2.58. The van der Waals surface area contributed by atoms with E-state index in [0.717, 1.165) is 0 Å². The molecular weight excluding hydrogens is 234 g/mol. The summed E-state index contributed by atoms with van der Waals surface area (Å²) in [6.45, 7) is 4.41. The van der Waals surface area contributed by atoms with Gasteiger partial charge in [0.25, 0.3) is 0 Å². The molecule has 94 valence electrons. The van der Waals surface area contributed by atoms with Crippen molar-refractivity contribution in [3.05, 3.63) is 34.2 Å². The summed E-state index contributed by atoms with van der Waals surface area (Å²) in [6.07, 6.45) is 2.90. The van der Waals surface area contributed by atoms with E-state index in [-0.39, 0.29) is 17.6 Å². The Morgan fingerprint density at radius 1 is 1.44 bits per heavy atom. The molecule has 18 heavy (non-hydrogen) atoms. The molecule has 6 heteroatoms. The first-order valence-corrected chi connectivity index (χ1v) is 5.71. The number of hydrogen-bond donors (Lipinski definition) is 0. The van der Waals surface area contributed by atoms with Gasteiger partial charge in [-0.15, -0.1) is 5.10 Å². The van der Waals surface area contributed by atoms with Crippen LogP contribution < -0.4 is 5.43 Å². The van der Waals surface area contributed by atoms with Gasteiger partial charge in [0.2, 0.25) is 5.43 Å². The second-order valence-corrected chi connectivity index (χ2v) is 3.65. The summed E-state index contributed by atoms with van der Waals surface area (Å²) in [5.74, 6) is -0.608. The molecule has 0 N–H and O–H groups in total. The number of pyridine rings is 1. The zero-order valence-corrected chi connectivity index (χ0v) is 10.2. The standard InChI is InChI=1S/C12H13N3O3/c1-3-15-7-9(12(17)18-4-2)10(16)8-5-6-13-14-11(8)15/h5-7H,3-4H2,1-2H3. The Bertz CT molecular complexity index is 649. The molecule has 2 aromatic heterocycles. The van der Waals surface area contributed by atoms with Crippen molar-refractivity contribution in [2.75, 3.05) is 6.61 Å². The van der Waals surface area contributed by atoms with Crippen molar-refractivity contribution in [2.24, 2.45) is 0 Å². The number of carbonyl (C=O) groups excluding carboxylic acids is 1. The molecular formula is C12H13N3O3. The Kier molecular flexibility index (Phi) is 3.36. The average Bonchev–Trinajstić information content (AvgIpc) is 2.40. The van der Waals surface area contributed by atoms with E-state index < -0.39 is 5.97 Å². The van der Waals surface area contributed by atoms with Gasteiger partial charge < -0.3 is 9.30 Å². The Hall–Kier alpha value is -2.24. The van der Waals surface area contributed by atoms with Gasteiger partial charge in [-0.3, -0.25) is 4.79 Å². The quantitative estimate of drug-likeness (QED) is 0.756. The predicted molar refractivity (Wildman–Crippen MR) is 65.4 cm³/mol. The van der Waals surface area contributed by atoms with E-state index in [1.165, 1.54) is 12.4 Å². The van der Waals surface area contributed by atoms with Crippen LogP contribution in [-0.2, 0) is 11.3 Å². The first kappa shape index (κ1) is 12.2. The zero-order chi connectivity index (χ0) is 13.1. The smallest absolute Gasteiger partial charge is 0.343 e. The zero-order valence-electron chi connectivity index (χ0n) is 10.2. The molecule has 0 unspecified atom stereocenters. The minimum absolute atomic E-state index is 0.0270. The van der Waals surface area contributed by atoms with Crippen LogP contribution in [-0.4, -0.2) is 27.3 Å². The fourth-order valence-corrected chi connectivity index (χ4v) is 1.73. The molecule has 0 spiro atoms. The topological polar surface area (TPSA) is 74.1 Å². The lowest BCUT2D eigenvalue weighted by Gasteiger charge is -2.09. The number of esters is 1. The summed E-state index contributed by atoms with van der Waals surface area (Å²) < 4.78 is 6.57. The van der Waals surface area contributed by atoms with Crippen LogP contribution >= 0.6 is 0 Å². The Balaban J connectivity index is 2.73. The highest BCUT2D eigenvalue weighted by atomic mass is 16.5. The third-order valence-corrected chi connectivity index (χ3v) is 2.58. The minimum atomic E-state index is -0.608. The van der Waals surface area contributed by atoms with Gasteiger partial charge in [-0.25, -0.2) is 4.79 Å². The lowest BCUT2D eigenvalue weighted by Crippen LogP contribution is -2.21. The Labute approximate surface area is 103 Å². The third kappa shape index (κ3) is 1.97. The first-order valence-electron chi connectivity index (χ1n) is 5.71. The molecule has 0 aliphatic carbocycles. The summed E-state index contributed by atoms with van der Waals surface area (Å²) in [4.78, 5) is 23.8. The fourth-order valence-electron chi connectivity index (χ4n) is 1.73. The molecule has 0 fully saturated rings. The van der Waals surface area contributed by atoms with E-state index in [4.69, 9.17) is 4.74 Å². The van der Waals surface area contributed by atoms with E-state index in [1.54, 1.807) is 17.6 Å². The van der Waals surface area contributed by atoms with Crippen molar-refractivity contribution in [1.29, 1.82) is 0 Å². The number of ether oxygens (including phenoxy) is 1. The van der Waals surface area contributed by atoms with Crippen molar-refractivity contribution < 1.29 is 9.53 Å². The highest BCUT2D eigenvalue weighted by molar-refractivity contribution is 5.92. The summed E-state index contributed by atoms with van der Waals surface area (Å²) in [5, 5.41) is 8.04. The maximum absolute atomic E-state index is 12.1. The molecule has 2 heterocycles. The number of aryl methyl sites for hydroxylation is 1. The van der Waals surface area contributed by atoms with Crippen LogP contribution in [0.15, 0.2) is 23.3 Å². The second kappa shape index (κ2) is 4.95. The van der Waals surface area contributed by atoms with Gasteiger partial charge in [0.15, 0.2) is 5.65 Å². The van der Waals surface area contributed by atoms with Gasteiger partial charge in [-0.1, -0.05) is 0 Å². The van der Waals surface area contributed by atoms with Crippen molar-refractivity contribution in [1.82, 2.24) is 14.8 Å². The molecule has 6 nitrogen and oxygen atoms in total. The number of carbonyl (C=O) groups is 1. The summed E-state index contributed by atoms with van der Waals surface area (Å²) in [7, 11) is 0. The van der Waals surface area contributed by atoms with Crippen molar-refractivity contribution in [2.45, 2.75) is 20.4 Å². The Morgan fingerprint density at radius 3 is 2.89 bits per heavy atom. The highest BCUT2D eigenvalue weighted by Crippen LogP contribution is 2.08. The van der Waals surface area contributed by atoms with E-state index in [0.29, 0.717) is 17.6 Å². The summed E-state index contributed by atoms with van der Waals surface area (Å²) in [6, 6.07) is 1.56. The normalized spacial score (nSPS) is 10.6. The van der Waals surface area contributed by atoms with Gasteiger partial charge in [0, 0.05) is 12.7 Å². The van der Waals surface area contributed by atoms with Crippen LogP contribution in [0.2, 0.25) is 0 Å². The van der Waals surface area contributed by atoms with Crippen molar-refractivity contribution in [3.63, 3.8) is 0 Å². The molecule has 0 aliphatic rings. The van der Waals surface area contributed by atoms with Gasteiger partial charge in [-0.05, 0) is 19.9 Å². The van der Waals surface area contributed by atoms with Gasteiger partial charge in [0.05, 0.1) is 18.2 Å². The molecule has 0 aliphatic heterocycles. The monoisotopic (exact) mass is 247 g/mol. The van der Waals surface area contributed by atoms with Crippen molar-refractivity contribution >= 4 is 17.0 Å². The second-order valence-electron chi connectivity index (χ2n) is 3.65.